The highest BCUT2D eigenvalue weighted by atomic mass is 14.1. The van der Waals surface area contributed by atoms with E-state index in [9.17, 15) is 0 Å². The molecule has 0 aliphatic rings. The largest absolute Gasteiger partial charge is 0.0764 e. The standard InChI is InChI=1S/C20H28/c1-5-6-11-18(4)20-15-13-19(14-16-20)12-9-7-8-10-17(2)3/h7-10,12-16,18H,5-6,11H2,1-4H3. The van der Waals surface area contributed by atoms with Crippen molar-refractivity contribution in [1.82, 2.24) is 0 Å². The van der Waals surface area contributed by atoms with Gasteiger partial charge in [0.2, 0.25) is 0 Å². The molecule has 0 aliphatic heterocycles. The molecule has 0 heteroatoms. The summed E-state index contributed by atoms with van der Waals surface area (Å²) in [5.41, 5.74) is 4.04. The first kappa shape index (κ1) is 16.5. The number of hydrogen-bond acceptors (Lipinski definition) is 0. The second-order valence-corrected chi connectivity index (χ2v) is 5.70. The van der Waals surface area contributed by atoms with Crippen LogP contribution in [0.15, 0.2) is 54.1 Å². The van der Waals surface area contributed by atoms with Gasteiger partial charge in [-0.15, -0.1) is 0 Å². The van der Waals surface area contributed by atoms with Crippen LogP contribution in [0.3, 0.4) is 0 Å². The lowest BCUT2D eigenvalue weighted by molar-refractivity contribution is 0.624. The van der Waals surface area contributed by atoms with Crippen LogP contribution in [0.2, 0.25) is 0 Å². The fraction of sp³-hybridized carbons (Fsp3) is 0.400. The molecule has 0 nitrogen and oxygen atoms in total. The third-order valence-corrected chi connectivity index (χ3v) is 3.44. The van der Waals surface area contributed by atoms with Gasteiger partial charge in [-0.05, 0) is 37.3 Å². The summed E-state index contributed by atoms with van der Waals surface area (Å²) in [7, 11) is 0. The van der Waals surface area contributed by atoms with Crippen LogP contribution in [0.4, 0.5) is 0 Å². The normalized spacial score (nSPS) is 13.0. The minimum atomic E-state index is 0.672. The highest BCUT2D eigenvalue weighted by Crippen LogP contribution is 2.21. The minimum absolute atomic E-state index is 0.672. The Morgan fingerprint density at radius 2 is 1.75 bits per heavy atom. The van der Waals surface area contributed by atoms with Gasteiger partial charge < -0.3 is 0 Å². The molecule has 0 heterocycles. The predicted octanol–water partition coefficient (Wildman–Crippen LogP) is 6.52. The van der Waals surface area contributed by atoms with E-state index >= 15 is 0 Å². The summed E-state index contributed by atoms with van der Waals surface area (Å²) in [6.07, 6.45) is 14.4. The smallest absolute Gasteiger partial charge is 0.0190 e. The van der Waals surface area contributed by atoms with Gasteiger partial charge in [0.15, 0.2) is 0 Å². The molecular weight excluding hydrogens is 240 g/mol. The van der Waals surface area contributed by atoms with E-state index in [1.807, 2.05) is 0 Å². The zero-order valence-electron chi connectivity index (χ0n) is 13.4. The van der Waals surface area contributed by atoms with E-state index in [1.165, 1.54) is 36.0 Å². The topological polar surface area (TPSA) is 0 Å². The van der Waals surface area contributed by atoms with Crippen molar-refractivity contribution in [2.75, 3.05) is 0 Å². The maximum absolute atomic E-state index is 2.32. The van der Waals surface area contributed by atoms with Gasteiger partial charge in [0.05, 0.1) is 0 Å². The van der Waals surface area contributed by atoms with Gasteiger partial charge in [0.1, 0.15) is 0 Å². The Morgan fingerprint density at radius 3 is 2.35 bits per heavy atom. The fourth-order valence-electron chi connectivity index (χ4n) is 2.09. The molecule has 0 N–H and O–H groups in total. The Balaban J connectivity index is 2.56. The summed E-state index contributed by atoms with van der Waals surface area (Å²) in [5, 5.41) is 0. The van der Waals surface area contributed by atoms with Crippen molar-refractivity contribution >= 4 is 6.08 Å². The molecular formula is C20H28. The predicted molar refractivity (Wildman–Crippen MR) is 92.0 cm³/mol. The van der Waals surface area contributed by atoms with Crippen molar-refractivity contribution in [2.24, 2.45) is 0 Å². The highest BCUT2D eigenvalue weighted by Gasteiger charge is 2.03. The average Bonchev–Trinajstić information content (AvgIpc) is 2.44. The summed E-state index contributed by atoms with van der Waals surface area (Å²) < 4.78 is 0. The molecule has 0 bridgehead atoms. The first-order valence-electron chi connectivity index (χ1n) is 7.71. The highest BCUT2D eigenvalue weighted by molar-refractivity contribution is 5.51. The van der Waals surface area contributed by atoms with Crippen molar-refractivity contribution in [3.05, 3.63) is 65.3 Å². The third kappa shape index (κ3) is 6.56. The second kappa shape index (κ2) is 9.36. The molecule has 1 atom stereocenters. The molecule has 1 aromatic carbocycles. The summed E-state index contributed by atoms with van der Waals surface area (Å²) in [4.78, 5) is 0. The van der Waals surface area contributed by atoms with E-state index in [0.717, 1.165) is 0 Å². The number of hydrogen-bond donors (Lipinski definition) is 0. The lowest BCUT2D eigenvalue weighted by Gasteiger charge is -2.11. The molecule has 108 valence electrons. The molecule has 20 heavy (non-hydrogen) atoms. The lowest BCUT2D eigenvalue weighted by atomic mass is 9.95. The molecule has 1 aromatic rings. The number of unbranched alkanes of at least 4 members (excludes halogenated alkanes) is 1. The Labute approximate surface area is 124 Å². The van der Waals surface area contributed by atoms with Crippen molar-refractivity contribution < 1.29 is 0 Å². The molecule has 0 spiro atoms. The van der Waals surface area contributed by atoms with Gasteiger partial charge in [0.25, 0.3) is 0 Å². The summed E-state index contributed by atoms with van der Waals surface area (Å²) in [6, 6.07) is 8.95. The van der Waals surface area contributed by atoms with Gasteiger partial charge in [0, 0.05) is 0 Å². The second-order valence-electron chi connectivity index (χ2n) is 5.70. The van der Waals surface area contributed by atoms with E-state index in [2.05, 4.69) is 82.3 Å². The fourth-order valence-corrected chi connectivity index (χ4v) is 2.09. The van der Waals surface area contributed by atoms with E-state index in [0.29, 0.717) is 5.92 Å². The van der Waals surface area contributed by atoms with Crippen LogP contribution in [0.5, 0.6) is 0 Å². The molecule has 1 unspecified atom stereocenters. The van der Waals surface area contributed by atoms with Crippen LogP contribution in [0, 0.1) is 0 Å². The number of benzene rings is 1. The van der Waals surface area contributed by atoms with Gasteiger partial charge >= 0.3 is 0 Å². The molecule has 0 saturated heterocycles. The molecule has 0 aromatic heterocycles. The maximum atomic E-state index is 2.32. The summed E-state index contributed by atoms with van der Waals surface area (Å²) in [6.45, 7) is 8.78. The van der Waals surface area contributed by atoms with E-state index in [1.54, 1.807) is 0 Å². The van der Waals surface area contributed by atoms with Crippen LogP contribution < -0.4 is 0 Å². The average molecular weight is 268 g/mol. The Morgan fingerprint density at radius 1 is 1.05 bits per heavy atom. The Bertz CT molecular complexity index is 453. The van der Waals surface area contributed by atoms with Crippen LogP contribution in [0.1, 0.15) is 64.0 Å². The van der Waals surface area contributed by atoms with Crippen LogP contribution in [-0.4, -0.2) is 0 Å². The number of allylic oxidation sites excluding steroid dienone is 5. The van der Waals surface area contributed by atoms with Crippen LogP contribution in [0.25, 0.3) is 6.08 Å². The first-order chi connectivity index (χ1) is 9.63. The van der Waals surface area contributed by atoms with Crippen molar-refractivity contribution in [3.8, 4) is 0 Å². The maximum Gasteiger partial charge on any atom is -0.0190 e. The molecule has 0 amide bonds. The SMILES string of the molecule is CCCCC(C)c1ccc(C=CC=CC=C(C)C)cc1. The molecule has 0 aliphatic carbocycles. The van der Waals surface area contributed by atoms with Crippen molar-refractivity contribution in [1.29, 1.82) is 0 Å². The van der Waals surface area contributed by atoms with Crippen LogP contribution in [-0.2, 0) is 0 Å². The van der Waals surface area contributed by atoms with E-state index < -0.39 is 0 Å². The van der Waals surface area contributed by atoms with Crippen molar-refractivity contribution in [3.63, 3.8) is 0 Å². The first-order valence-corrected chi connectivity index (χ1v) is 7.71. The summed E-state index contributed by atoms with van der Waals surface area (Å²) >= 11 is 0. The van der Waals surface area contributed by atoms with Gasteiger partial charge in [-0.3, -0.25) is 0 Å². The molecule has 0 saturated carbocycles. The quantitative estimate of drug-likeness (QED) is 0.494. The summed E-state index contributed by atoms with van der Waals surface area (Å²) in [5.74, 6) is 0.672. The molecule has 0 radical (unpaired) electrons. The number of rotatable bonds is 7. The molecule has 1 rings (SSSR count). The van der Waals surface area contributed by atoms with E-state index in [4.69, 9.17) is 0 Å². The zero-order chi connectivity index (χ0) is 14.8. The van der Waals surface area contributed by atoms with Crippen molar-refractivity contribution in [2.45, 2.75) is 52.9 Å². The van der Waals surface area contributed by atoms with Gasteiger partial charge in [-0.25, -0.2) is 0 Å². The van der Waals surface area contributed by atoms with E-state index in [-0.39, 0.29) is 0 Å². The lowest BCUT2D eigenvalue weighted by Crippen LogP contribution is -1.93. The minimum Gasteiger partial charge on any atom is -0.0764 e. The van der Waals surface area contributed by atoms with Gasteiger partial charge in [-0.1, -0.05) is 86.9 Å². The van der Waals surface area contributed by atoms with Crippen LogP contribution >= 0.6 is 0 Å². The third-order valence-electron chi connectivity index (χ3n) is 3.44. The Kier molecular flexibility index (Phi) is 7.72. The zero-order valence-corrected chi connectivity index (χ0v) is 13.4. The Hall–Kier alpha value is -1.56. The van der Waals surface area contributed by atoms with Gasteiger partial charge in [-0.2, -0.15) is 0 Å². The molecule has 0 fully saturated rings. The monoisotopic (exact) mass is 268 g/mol.